The Morgan fingerprint density at radius 3 is 2.48 bits per heavy atom. The molecular weight excluding hydrogens is 438 g/mol. The zero-order valence-corrected chi connectivity index (χ0v) is 16.8. The first-order chi connectivity index (χ1) is 14.5. The second-order valence-corrected chi connectivity index (χ2v) is 8.63. The zero-order chi connectivity index (χ0) is 22.6. The molecule has 5 nitrogen and oxygen atoms in total. The molecule has 31 heavy (non-hydrogen) atoms. The number of fused-ring (bicyclic) bond motifs is 2. The molecule has 162 valence electrons. The van der Waals surface area contributed by atoms with Crippen LogP contribution in [0.25, 0.3) is 10.8 Å². The van der Waals surface area contributed by atoms with Crippen molar-refractivity contribution in [1.82, 2.24) is 0 Å². The zero-order valence-electron chi connectivity index (χ0n) is 16.0. The summed E-state index contributed by atoms with van der Waals surface area (Å²) in [6.45, 7) is 1.76. The van der Waals surface area contributed by atoms with Gasteiger partial charge in [-0.05, 0) is 60.0 Å². The van der Waals surface area contributed by atoms with Crippen LogP contribution in [0, 0.1) is 12.7 Å². The molecule has 4 rings (SSSR count). The van der Waals surface area contributed by atoms with E-state index in [2.05, 4.69) is 4.18 Å². The van der Waals surface area contributed by atoms with Crippen LogP contribution in [0.5, 0.6) is 5.75 Å². The Morgan fingerprint density at radius 2 is 1.77 bits per heavy atom. The highest BCUT2D eigenvalue weighted by Crippen LogP contribution is 2.34. The number of halogens is 4. The molecule has 0 bridgehead atoms. The lowest BCUT2D eigenvalue weighted by molar-refractivity contribution is -0.0500. The van der Waals surface area contributed by atoms with Crippen molar-refractivity contribution in [1.29, 1.82) is 0 Å². The van der Waals surface area contributed by atoms with E-state index in [4.69, 9.17) is 0 Å². The van der Waals surface area contributed by atoms with Crippen LogP contribution in [0.4, 0.5) is 23.2 Å². The summed E-state index contributed by atoms with van der Waals surface area (Å²) in [7, 11) is -5.83. The Kier molecular flexibility index (Phi) is 4.92. The fourth-order valence-electron chi connectivity index (χ4n) is 3.56. The number of anilines is 1. The average Bonchev–Trinajstić information content (AvgIpc) is 3.11. The highest BCUT2D eigenvalue weighted by Gasteiger charge is 2.48. The Hall–Kier alpha value is -3.14. The normalized spacial score (nSPS) is 14.0. The summed E-state index contributed by atoms with van der Waals surface area (Å²) < 4.78 is 78.7. The number of nitrogens with zero attached hydrogens (tertiary/aromatic N) is 1. The van der Waals surface area contributed by atoms with Gasteiger partial charge in [-0.25, -0.2) is 4.39 Å². The van der Waals surface area contributed by atoms with Crippen molar-refractivity contribution in [2.24, 2.45) is 0 Å². The predicted octanol–water partition coefficient (Wildman–Crippen LogP) is 4.72. The van der Waals surface area contributed by atoms with Gasteiger partial charge in [-0.15, -0.1) is 0 Å². The molecule has 0 aliphatic carbocycles. The van der Waals surface area contributed by atoms with Gasteiger partial charge in [0.25, 0.3) is 5.91 Å². The minimum atomic E-state index is -5.83. The third-order valence-electron chi connectivity index (χ3n) is 5.16. The highest BCUT2D eigenvalue weighted by molar-refractivity contribution is 7.88. The van der Waals surface area contributed by atoms with Crippen LogP contribution < -0.4 is 9.08 Å². The van der Waals surface area contributed by atoms with Crippen molar-refractivity contribution >= 4 is 32.5 Å². The van der Waals surface area contributed by atoms with E-state index in [1.807, 2.05) is 0 Å². The van der Waals surface area contributed by atoms with Crippen LogP contribution in [-0.4, -0.2) is 26.4 Å². The molecule has 0 saturated carbocycles. The van der Waals surface area contributed by atoms with Crippen LogP contribution in [0.15, 0.2) is 48.5 Å². The number of alkyl halides is 3. The standard InChI is InChI=1S/C21H15F4NO4S/c1-12-17-10-15(20(27)26-9-8-14-4-6-16(22)11-18(14)26)3-2-13(17)5-7-19(12)30-31(28,29)21(23,24)25/h2-7,10-11H,8-9H2,1H3. The lowest BCUT2D eigenvalue weighted by Crippen LogP contribution is -2.29. The van der Waals surface area contributed by atoms with Crippen molar-refractivity contribution < 1.29 is 35.0 Å². The minimum Gasteiger partial charge on any atom is -0.376 e. The van der Waals surface area contributed by atoms with Gasteiger partial charge in [0.05, 0.1) is 5.69 Å². The van der Waals surface area contributed by atoms with Crippen LogP contribution in [-0.2, 0) is 16.5 Å². The van der Waals surface area contributed by atoms with Crippen LogP contribution in [0.1, 0.15) is 21.5 Å². The molecule has 10 heteroatoms. The predicted molar refractivity (Wildman–Crippen MR) is 106 cm³/mol. The van der Waals surface area contributed by atoms with Gasteiger partial charge < -0.3 is 9.08 Å². The van der Waals surface area contributed by atoms with Crippen molar-refractivity contribution in [2.45, 2.75) is 18.9 Å². The molecule has 0 aromatic heterocycles. The van der Waals surface area contributed by atoms with Crippen molar-refractivity contribution in [3.8, 4) is 5.75 Å². The summed E-state index contributed by atoms with van der Waals surface area (Å²) in [5.74, 6) is -1.36. The molecule has 1 aliphatic rings. The Labute approximate surface area is 175 Å². The van der Waals surface area contributed by atoms with Gasteiger partial charge in [-0.2, -0.15) is 21.6 Å². The highest BCUT2D eigenvalue weighted by atomic mass is 32.2. The van der Waals surface area contributed by atoms with E-state index in [0.29, 0.717) is 29.4 Å². The van der Waals surface area contributed by atoms with Gasteiger partial charge >= 0.3 is 15.6 Å². The molecular formula is C21H15F4NO4S. The summed E-state index contributed by atoms with van der Waals surface area (Å²) >= 11 is 0. The lowest BCUT2D eigenvalue weighted by atomic mass is 10.0. The molecule has 3 aromatic rings. The van der Waals surface area contributed by atoms with E-state index in [0.717, 1.165) is 11.6 Å². The van der Waals surface area contributed by atoms with Gasteiger partial charge in [-0.3, -0.25) is 4.79 Å². The largest absolute Gasteiger partial charge is 0.534 e. The van der Waals surface area contributed by atoms with E-state index in [1.54, 1.807) is 18.2 Å². The maximum Gasteiger partial charge on any atom is 0.534 e. The molecule has 0 spiro atoms. The van der Waals surface area contributed by atoms with Gasteiger partial charge in [-0.1, -0.05) is 18.2 Å². The lowest BCUT2D eigenvalue weighted by Gasteiger charge is -2.18. The first-order valence-corrected chi connectivity index (χ1v) is 10.5. The molecule has 1 aliphatic heterocycles. The van der Waals surface area contributed by atoms with E-state index in [-0.39, 0.29) is 11.1 Å². The number of benzene rings is 3. The van der Waals surface area contributed by atoms with Crippen LogP contribution in [0.2, 0.25) is 0 Å². The molecule has 0 radical (unpaired) electrons. The van der Waals surface area contributed by atoms with Crippen LogP contribution >= 0.6 is 0 Å². The summed E-state index contributed by atoms with van der Waals surface area (Å²) in [5.41, 5.74) is -3.91. The van der Waals surface area contributed by atoms with Gasteiger partial charge in [0, 0.05) is 17.7 Å². The topological polar surface area (TPSA) is 63.7 Å². The van der Waals surface area contributed by atoms with E-state index >= 15 is 0 Å². The van der Waals surface area contributed by atoms with E-state index in [9.17, 15) is 30.8 Å². The van der Waals surface area contributed by atoms with Crippen molar-refractivity contribution in [3.63, 3.8) is 0 Å². The number of hydrogen-bond donors (Lipinski definition) is 0. The summed E-state index contributed by atoms with van der Waals surface area (Å²) in [5, 5.41) is 0.943. The summed E-state index contributed by atoms with van der Waals surface area (Å²) in [4.78, 5) is 14.5. The number of rotatable bonds is 3. The maximum absolute atomic E-state index is 13.6. The number of hydrogen-bond acceptors (Lipinski definition) is 4. The number of aryl methyl sites for hydroxylation is 1. The molecule has 0 fully saturated rings. The molecule has 1 heterocycles. The third kappa shape index (κ3) is 3.71. The molecule has 0 saturated heterocycles. The van der Waals surface area contributed by atoms with E-state index < -0.39 is 33.1 Å². The molecule has 3 aromatic carbocycles. The van der Waals surface area contributed by atoms with Gasteiger partial charge in [0.1, 0.15) is 11.6 Å². The smallest absolute Gasteiger partial charge is 0.376 e. The molecule has 0 unspecified atom stereocenters. The second kappa shape index (κ2) is 7.23. The monoisotopic (exact) mass is 453 g/mol. The average molecular weight is 453 g/mol. The molecule has 1 amide bonds. The summed E-state index contributed by atoms with van der Waals surface area (Å²) in [6, 6.07) is 11.3. The Morgan fingerprint density at radius 1 is 1.06 bits per heavy atom. The fraction of sp³-hybridized carbons (Fsp3) is 0.190. The fourth-order valence-corrected chi connectivity index (χ4v) is 4.07. The van der Waals surface area contributed by atoms with Crippen molar-refractivity contribution in [3.05, 3.63) is 71.0 Å². The number of carbonyl (C=O) groups is 1. The Balaban J connectivity index is 1.72. The molecule has 0 atom stereocenters. The number of carbonyl (C=O) groups excluding carboxylic acids is 1. The third-order valence-corrected chi connectivity index (χ3v) is 6.13. The second-order valence-electron chi connectivity index (χ2n) is 7.09. The van der Waals surface area contributed by atoms with Gasteiger partial charge in [0.2, 0.25) is 0 Å². The number of amides is 1. The Bertz CT molecular complexity index is 1320. The quantitative estimate of drug-likeness (QED) is 0.327. The minimum absolute atomic E-state index is 0.132. The first kappa shape index (κ1) is 21.1. The van der Waals surface area contributed by atoms with Crippen LogP contribution in [0.3, 0.4) is 0 Å². The van der Waals surface area contributed by atoms with Gasteiger partial charge in [0.15, 0.2) is 0 Å². The van der Waals surface area contributed by atoms with Crippen molar-refractivity contribution in [2.75, 3.05) is 11.4 Å². The summed E-state index contributed by atoms with van der Waals surface area (Å²) in [6.07, 6.45) is 0.571. The SMILES string of the molecule is Cc1c(OS(=O)(=O)C(F)(F)F)ccc2ccc(C(=O)N3CCc4ccc(F)cc43)cc12. The van der Waals surface area contributed by atoms with E-state index in [1.165, 1.54) is 36.1 Å². The maximum atomic E-state index is 13.6. The first-order valence-electron chi connectivity index (χ1n) is 9.12. The molecule has 0 N–H and O–H groups in total.